The number of ether oxygens (including phenoxy) is 1. The molecule has 2 aromatic rings. The second-order valence-corrected chi connectivity index (χ2v) is 6.81. The molecular formula is C22H25NO4. The van der Waals surface area contributed by atoms with Gasteiger partial charge in [-0.3, -0.25) is 9.59 Å². The monoisotopic (exact) mass is 367 g/mol. The lowest BCUT2D eigenvalue weighted by Gasteiger charge is -2.34. The predicted molar refractivity (Wildman–Crippen MR) is 102 cm³/mol. The Kier molecular flexibility index (Phi) is 6.60. The number of hydrogen-bond donors (Lipinski definition) is 1. The van der Waals surface area contributed by atoms with E-state index in [4.69, 9.17) is 9.84 Å². The van der Waals surface area contributed by atoms with Gasteiger partial charge in [0.15, 0.2) is 0 Å². The van der Waals surface area contributed by atoms with Crippen LogP contribution in [0.4, 0.5) is 0 Å². The van der Waals surface area contributed by atoms with Gasteiger partial charge in [0.2, 0.25) is 5.91 Å². The molecule has 1 amide bonds. The molecule has 5 nitrogen and oxygen atoms in total. The molecule has 1 saturated heterocycles. The Morgan fingerprint density at radius 2 is 1.44 bits per heavy atom. The number of likely N-dealkylation sites (tertiary alicyclic amines) is 1. The molecule has 0 aromatic heterocycles. The Morgan fingerprint density at radius 1 is 0.926 bits per heavy atom. The largest absolute Gasteiger partial charge is 0.481 e. The standard InChI is InChI=1S/C22H25NO4/c24-20(11-12-21(25)26)23-15-13-19(14-16-23)27-22(17-7-3-1-4-8-17)18-9-5-2-6-10-18/h1-10,19,22H,11-16H2,(H,25,26). The van der Waals surface area contributed by atoms with Crippen LogP contribution < -0.4 is 0 Å². The first kappa shape index (κ1) is 19.1. The molecule has 1 N–H and O–H groups in total. The van der Waals surface area contributed by atoms with Crippen molar-refractivity contribution in [3.63, 3.8) is 0 Å². The van der Waals surface area contributed by atoms with Crippen molar-refractivity contribution in [2.24, 2.45) is 0 Å². The zero-order chi connectivity index (χ0) is 19.1. The lowest BCUT2D eigenvalue weighted by atomic mass is 10.00. The number of hydrogen-bond acceptors (Lipinski definition) is 3. The zero-order valence-corrected chi connectivity index (χ0v) is 15.3. The van der Waals surface area contributed by atoms with Gasteiger partial charge < -0.3 is 14.7 Å². The van der Waals surface area contributed by atoms with Gasteiger partial charge in [-0.05, 0) is 24.0 Å². The van der Waals surface area contributed by atoms with Crippen molar-refractivity contribution < 1.29 is 19.4 Å². The molecule has 0 unspecified atom stereocenters. The maximum atomic E-state index is 12.1. The molecule has 1 fully saturated rings. The van der Waals surface area contributed by atoms with E-state index >= 15 is 0 Å². The molecule has 3 rings (SSSR count). The number of carboxylic acid groups (broad SMARTS) is 1. The van der Waals surface area contributed by atoms with Crippen molar-refractivity contribution in [1.82, 2.24) is 4.90 Å². The van der Waals surface area contributed by atoms with Crippen molar-refractivity contribution in [1.29, 1.82) is 0 Å². The first-order valence-electron chi connectivity index (χ1n) is 9.38. The number of benzene rings is 2. The van der Waals surface area contributed by atoms with E-state index in [1.165, 1.54) is 0 Å². The number of piperidine rings is 1. The summed E-state index contributed by atoms with van der Waals surface area (Å²) in [5.41, 5.74) is 2.23. The number of carbonyl (C=O) groups is 2. The van der Waals surface area contributed by atoms with Gasteiger partial charge in [-0.25, -0.2) is 0 Å². The average molecular weight is 367 g/mol. The first-order chi connectivity index (χ1) is 13.1. The first-order valence-corrected chi connectivity index (χ1v) is 9.38. The van der Waals surface area contributed by atoms with E-state index in [-0.39, 0.29) is 31.0 Å². The molecule has 1 heterocycles. The quantitative estimate of drug-likeness (QED) is 0.811. The molecule has 142 valence electrons. The molecule has 1 aliphatic heterocycles. The Morgan fingerprint density at radius 3 is 1.93 bits per heavy atom. The minimum Gasteiger partial charge on any atom is -0.481 e. The molecule has 5 heteroatoms. The number of amides is 1. The van der Waals surface area contributed by atoms with E-state index in [0.717, 1.165) is 24.0 Å². The highest BCUT2D eigenvalue weighted by molar-refractivity contribution is 5.80. The van der Waals surface area contributed by atoms with Gasteiger partial charge in [0.1, 0.15) is 6.10 Å². The summed E-state index contributed by atoms with van der Waals surface area (Å²) in [6.07, 6.45) is 1.41. The zero-order valence-electron chi connectivity index (χ0n) is 15.3. The molecular weight excluding hydrogens is 342 g/mol. The summed E-state index contributed by atoms with van der Waals surface area (Å²) < 4.78 is 6.46. The molecule has 0 spiro atoms. The van der Waals surface area contributed by atoms with Crippen LogP contribution in [-0.4, -0.2) is 41.1 Å². The molecule has 0 aliphatic carbocycles. The van der Waals surface area contributed by atoms with Crippen molar-refractivity contribution >= 4 is 11.9 Å². The Balaban J connectivity index is 1.61. The SMILES string of the molecule is O=C(O)CCC(=O)N1CCC(OC(c2ccccc2)c2ccccc2)CC1. The summed E-state index contributed by atoms with van der Waals surface area (Å²) in [6, 6.07) is 20.3. The molecule has 1 aliphatic rings. The van der Waals surface area contributed by atoms with Gasteiger partial charge in [-0.2, -0.15) is 0 Å². The predicted octanol–water partition coefficient (Wildman–Crippen LogP) is 3.65. The van der Waals surface area contributed by atoms with Crippen LogP contribution in [0, 0.1) is 0 Å². The molecule has 0 radical (unpaired) electrons. The second kappa shape index (κ2) is 9.33. The van der Waals surface area contributed by atoms with E-state index in [1.54, 1.807) is 4.90 Å². The summed E-state index contributed by atoms with van der Waals surface area (Å²) in [4.78, 5) is 24.5. The third-order valence-electron chi connectivity index (χ3n) is 4.88. The fourth-order valence-electron chi connectivity index (χ4n) is 3.41. The van der Waals surface area contributed by atoms with Crippen LogP contribution in [-0.2, 0) is 14.3 Å². The van der Waals surface area contributed by atoms with Gasteiger partial charge in [0.05, 0.1) is 12.5 Å². The highest BCUT2D eigenvalue weighted by atomic mass is 16.5. The molecule has 0 saturated carbocycles. The smallest absolute Gasteiger partial charge is 0.303 e. The van der Waals surface area contributed by atoms with Crippen molar-refractivity contribution in [3.8, 4) is 0 Å². The van der Waals surface area contributed by atoms with E-state index in [2.05, 4.69) is 24.3 Å². The van der Waals surface area contributed by atoms with Crippen molar-refractivity contribution in [2.75, 3.05) is 13.1 Å². The van der Waals surface area contributed by atoms with Gasteiger partial charge in [0.25, 0.3) is 0 Å². The average Bonchev–Trinajstić information content (AvgIpc) is 2.72. The number of carbonyl (C=O) groups excluding carboxylic acids is 1. The van der Waals surface area contributed by atoms with Crippen molar-refractivity contribution in [3.05, 3.63) is 71.8 Å². The van der Waals surface area contributed by atoms with E-state index < -0.39 is 5.97 Å². The fraction of sp³-hybridized carbons (Fsp3) is 0.364. The minimum absolute atomic E-state index is 0.0670. The number of aliphatic carboxylic acids is 1. The Labute approximate surface area is 159 Å². The molecule has 2 aromatic carbocycles. The molecule has 0 atom stereocenters. The Bertz CT molecular complexity index is 700. The summed E-state index contributed by atoms with van der Waals surface area (Å²) in [6.45, 7) is 1.22. The third kappa shape index (κ3) is 5.41. The lowest BCUT2D eigenvalue weighted by molar-refractivity contribution is -0.142. The highest BCUT2D eigenvalue weighted by Gasteiger charge is 2.26. The summed E-state index contributed by atoms with van der Waals surface area (Å²) in [7, 11) is 0. The van der Waals surface area contributed by atoms with Crippen LogP contribution in [0.25, 0.3) is 0 Å². The van der Waals surface area contributed by atoms with Gasteiger partial charge >= 0.3 is 5.97 Å². The van der Waals surface area contributed by atoms with Crippen LogP contribution in [0.15, 0.2) is 60.7 Å². The summed E-state index contributed by atoms with van der Waals surface area (Å²) in [5, 5.41) is 8.73. The number of carboxylic acids is 1. The van der Waals surface area contributed by atoms with Gasteiger partial charge in [-0.15, -0.1) is 0 Å². The fourth-order valence-corrected chi connectivity index (χ4v) is 3.41. The van der Waals surface area contributed by atoms with E-state index in [1.807, 2.05) is 36.4 Å². The molecule has 27 heavy (non-hydrogen) atoms. The Hall–Kier alpha value is -2.66. The number of nitrogens with zero attached hydrogens (tertiary/aromatic N) is 1. The van der Waals surface area contributed by atoms with Gasteiger partial charge in [0, 0.05) is 19.5 Å². The second-order valence-electron chi connectivity index (χ2n) is 6.81. The van der Waals surface area contributed by atoms with Gasteiger partial charge in [-0.1, -0.05) is 60.7 Å². The van der Waals surface area contributed by atoms with Crippen molar-refractivity contribution in [2.45, 2.75) is 37.9 Å². The van der Waals surface area contributed by atoms with Crippen LogP contribution in [0.2, 0.25) is 0 Å². The summed E-state index contributed by atoms with van der Waals surface area (Å²) >= 11 is 0. The maximum Gasteiger partial charge on any atom is 0.303 e. The maximum absolute atomic E-state index is 12.1. The summed E-state index contributed by atoms with van der Waals surface area (Å²) in [5.74, 6) is -1.02. The molecule has 0 bridgehead atoms. The van der Waals surface area contributed by atoms with Crippen LogP contribution in [0.1, 0.15) is 42.9 Å². The highest BCUT2D eigenvalue weighted by Crippen LogP contribution is 2.30. The third-order valence-corrected chi connectivity index (χ3v) is 4.88. The normalized spacial score (nSPS) is 15.1. The topological polar surface area (TPSA) is 66.8 Å². The minimum atomic E-state index is -0.935. The number of rotatable bonds is 7. The van der Waals surface area contributed by atoms with Crippen LogP contribution >= 0.6 is 0 Å². The lowest BCUT2D eigenvalue weighted by Crippen LogP contribution is -2.41. The van der Waals surface area contributed by atoms with Crippen LogP contribution in [0.5, 0.6) is 0 Å². The van der Waals surface area contributed by atoms with E-state index in [0.29, 0.717) is 13.1 Å². The van der Waals surface area contributed by atoms with E-state index in [9.17, 15) is 9.59 Å². The van der Waals surface area contributed by atoms with Crippen LogP contribution in [0.3, 0.4) is 0 Å².